The molecular weight excluding hydrogens is 667 g/mol. The van der Waals surface area contributed by atoms with E-state index in [-0.39, 0.29) is 18.1 Å². The van der Waals surface area contributed by atoms with Gasteiger partial charge in [-0.3, -0.25) is 9.59 Å². The van der Waals surface area contributed by atoms with Crippen molar-refractivity contribution in [1.82, 2.24) is 10.7 Å². The summed E-state index contributed by atoms with van der Waals surface area (Å²) in [5.41, 5.74) is 5.39. The van der Waals surface area contributed by atoms with Crippen molar-refractivity contribution in [1.29, 1.82) is 5.26 Å². The summed E-state index contributed by atoms with van der Waals surface area (Å²) in [6.07, 6.45) is 0.761. The molecule has 0 aliphatic carbocycles. The molecule has 0 unspecified atom stereocenters. The van der Waals surface area contributed by atoms with E-state index >= 15 is 0 Å². The second-order valence-electron chi connectivity index (χ2n) is 9.57. The van der Waals surface area contributed by atoms with E-state index in [1.807, 2.05) is 42.5 Å². The first-order valence-corrected chi connectivity index (χ1v) is 15.0. The van der Waals surface area contributed by atoms with Gasteiger partial charge in [-0.05, 0) is 76.4 Å². The van der Waals surface area contributed by atoms with Gasteiger partial charge in [0.05, 0.1) is 27.3 Å². The fourth-order valence-electron chi connectivity index (χ4n) is 4.04. The second-order valence-corrected chi connectivity index (χ2v) is 11.3. The number of amides is 2. The topological polar surface area (TPSA) is 113 Å². The maximum atomic E-state index is 13.2. The molecular formula is C33H27BrCl2N4O4. The third-order valence-corrected chi connectivity index (χ3v) is 7.50. The van der Waals surface area contributed by atoms with E-state index in [2.05, 4.69) is 37.8 Å². The summed E-state index contributed by atoms with van der Waals surface area (Å²) >= 11 is 15.6. The number of rotatable bonds is 12. The Hall–Kier alpha value is -4.36. The van der Waals surface area contributed by atoms with Crippen molar-refractivity contribution in [2.75, 3.05) is 0 Å². The van der Waals surface area contributed by atoms with E-state index in [1.165, 1.54) is 12.3 Å². The molecule has 0 radical (unpaired) electrons. The molecule has 0 saturated carbocycles. The SMILES string of the molecule is C[C@H](Oc1ccc(Cl)cc1Cl)C(=O)N[C@H](Cc1ccccc1)C(=O)N/N=C\c1ccc(OCc2ccccc2C#N)c(Br)c1. The molecule has 0 aliphatic heterocycles. The van der Waals surface area contributed by atoms with Gasteiger partial charge < -0.3 is 14.8 Å². The lowest BCUT2D eigenvalue weighted by Gasteiger charge is -2.21. The van der Waals surface area contributed by atoms with Crippen molar-refractivity contribution in [2.24, 2.45) is 5.10 Å². The van der Waals surface area contributed by atoms with Gasteiger partial charge in [0, 0.05) is 17.0 Å². The molecule has 0 aromatic heterocycles. The third-order valence-electron chi connectivity index (χ3n) is 6.35. The predicted molar refractivity (Wildman–Crippen MR) is 174 cm³/mol. The van der Waals surface area contributed by atoms with Crippen molar-refractivity contribution in [3.05, 3.63) is 128 Å². The van der Waals surface area contributed by atoms with E-state index < -0.39 is 24.0 Å². The van der Waals surface area contributed by atoms with Crippen LogP contribution >= 0.6 is 39.1 Å². The Kier molecular flexibility index (Phi) is 11.8. The number of carbonyl (C=O) groups excluding carboxylic acids is 2. The van der Waals surface area contributed by atoms with Crippen LogP contribution in [-0.2, 0) is 22.6 Å². The van der Waals surface area contributed by atoms with Crippen molar-refractivity contribution in [3.8, 4) is 17.6 Å². The summed E-state index contributed by atoms with van der Waals surface area (Å²) in [4.78, 5) is 26.2. The molecule has 4 aromatic rings. The minimum absolute atomic E-state index is 0.231. The van der Waals surface area contributed by atoms with E-state index in [0.29, 0.717) is 32.1 Å². The fraction of sp³-hybridized carbons (Fsp3) is 0.152. The highest BCUT2D eigenvalue weighted by Gasteiger charge is 2.25. The molecule has 11 heteroatoms. The summed E-state index contributed by atoms with van der Waals surface area (Å²) in [6.45, 7) is 1.79. The molecule has 0 spiro atoms. The first-order valence-electron chi connectivity index (χ1n) is 13.4. The largest absolute Gasteiger partial charge is 0.488 e. The van der Waals surface area contributed by atoms with Crippen molar-refractivity contribution < 1.29 is 19.1 Å². The molecule has 0 fully saturated rings. The monoisotopic (exact) mass is 692 g/mol. The number of hydrogen-bond acceptors (Lipinski definition) is 6. The zero-order chi connectivity index (χ0) is 31.5. The Morgan fingerprint density at radius 2 is 1.70 bits per heavy atom. The summed E-state index contributed by atoms with van der Waals surface area (Å²) < 4.78 is 12.3. The normalized spacial score (nSPS) is 12.2. The molecule has 44 heavy (non-hydrogen) atoms. The Balaban J connectivity index is 1.39. The van der Waals surface area contributed by atoms with Crippen LogP contribution in [-0.4, -0.2) is 30.2 Å². The third kappa shape index (κ3) is 9.32. The Morgan fingerprint density at radius 1 is 0.977 bits per heavy atom. The van der Waals surface area contributed by atoms with Gasteiger partial charge in [0.2, 0.25) is 0 Å². The number of hydrogen-bond donors (Lipinski definition) is 2. The number of nitrogens with zero attached hydrogens (tertiary/aromatic N) is 2. The van der Waals surface area contributed by atoms with Crippen LogP contribution in [0.15, 0.2) is 101 Å². The molecule has 0 aliphatic rings. The lowest BCUT2D eigenvalue weighted by atomic mass is 10.1. The highest BCUT2D eigenvalue weighted by atomic mass is 79.9. The minimum atomic E-state index is -0.949. The van der Waals surface area contributed by atoms with Gasteiger partial charge in [0.15, 0.2) is 6.10 Å². The molecule has 4 aromatic carbocycles. The lowest BCUT2D eigenvalue weighted by molar-refractivity contribution is -0.132. The lowest BCUT2D eigenvalue weighted by Crippen LogP contribution is -2.50. The van der Waals surface area contributed by atoms with Crippen LogP contribution in [0.25, 0.3) is 0 Å². The van der Waals surface area contributed by atoms with Crippen LogP contribution in [0.1, 0.15) is 29.2 Å². The molecule has 4 rings (SSSR count). The zero-order valence-corrected chi connectivity index (χ0v) is 26.6. The number of carbonyl (C=O) groups is 2. The number of nitrogens with one attached hydrogen (secondary N) is 2. The van der Waals surface area contributed by atoms with E-state index in [0.717, 1.165) is 11.1 Å². The number of nitriles is 1. The van der Waals surface area contributed by atoms with Gasteiger partial charge in [0.25, 0.3) is 11.8 Å². The average molecular weight is 694 g/mol. The number of ether oxygens (including phenoxy) is 2. The number of halogens is 3. The molecule has 8 nitrogen and oxygen atoms in total. The molecule has 2 amide bonds. The second kappa shape index (κ2) is 15.9. The van der Waals surface area contributed by atoms with Gasteiger partial charge >= 0.3 is 0 Å². The van der Waals surface area contributed by atoms with Gasteiger partial charge in [-0.2, -0.15) is 10.4 Å². The van der Waals surface area contributed by atoms with Gasteiger partial charge in [-0.25, -0.2) is 5.43 Å². The van der Waals surface area contributed by atoms with E-state index in [4.69, 9.17) is 32.7 Å². The minimum Gasteiger partial charge on any atom is -0.488 e. The quantitative estimate of drug-likeness (QED) is 0.125. The van der Waals surface area contributed by atoms with Gasteiger partial charge in [0.1, 0.15) is 24.1 Å². The first-order chi connectivity index (χ1) is 21.2. The molecule has 2 N–H and O–H groups in total. The summed E-state index contributed by atoms with van der Waals surface area (Å²) in [7, 11) is 0. The van der Waals surface area contributed by atoms with Crippen molar-refractivity contribution >= 4 is 57.2 Å². The van der Waals surface area contributed by atoms with E-state index in [1.54, 1.807) is 49.4 Å². The Morgan fingerprint density at radius 3 is 2.43 bits per heavy atom. The van der Waals surface area contributed by atoms with Crippen LogP contribution in [0.2, 0.25) is 10.0 Å². The highest BCUT2D eigenvalue weighted by Crippen LogP contribution is 2.29. The molecule has 0 heterocycles. The Bertz CT molecular complexity index is 1700. The maximum absolute atomic E-state index is 13.2. The standard InChI is InChI=1S/C33H27BrCl2N4O4/c1-21(44-31-14-12-26(35)17-28(31)36)32(41)39-29(16-22-7-3-2-4-8-22)33(42)40-38-19-23-11-13-30(27(34)15-23)43-20-25-10-6-5-9-24(25)18-37/h2-15,17,19,21,29H,16,20H2,1H3,(H,39,41)(H,40,42)/b38-19-/t21-,29+/m0/s1. The molecule has 224 valence electrons. The van der Waals surface area contributed by atoms with Crippen LogP contribution in [0.5, 0.6) is 11.5 Å². The average Bonchev–Trinajstić information content (AvgIpc) is 3.02. The summed E-state index contributed by atoms with van der Waals surface area (Å²) in [5.74, 6) is -0.138. The first kappa shape index (κ1) is 32.6. The fourth-order valence-corrected chi connectivity index (χ4v) is 5.00. The smallest absolute Gasteiger partial charge is 0.262 e. The molecule has 0 saturated heterocycles. The summed E-state index contributed by atoms with van der Waals surface area (Å²) in [5, 5.41) is 16.8. The van der Waals surface area contributed by atoms with Gasteiger partial charge in [-0.15, -0.1) is 0 Å². The molecule has 2 atom stereocenters. The number of benzene rings is 4. The zero-order valence-electron chi connectivity index (χ0n) is 23.5. The van der Waals surface area contributed by atoms with Crippen LogP contribution < -0.4 is 20.2 Å². The van der Waals surface area contributed by atoms with Crippen LogP contribution in [0.4, 0.5) is 0 Å². The molecule has 0 bridgehead atoms. The Labute approximate surface area is 273 Å². The van der Waals surface area contributed by atoms with Crippen molar-refractivity contribution in [2.45, 2.75) is 32.1 Å². The summed E-state index contributed by atoms with van der Waals surface area (Å²) in [6, 6.07) is 27.8. The van der Waals surface area contributed by atoms with Gasteiger partial charge in [-0.1, -0.05) is 71.7 Å². The van der Waals surface area contributed by atoms with Crippen molar-refractivity contribution in [3.63, 3.8) is 0 Å². The highest BCUT2D eigenvalue weighted by molar-refractivity contribution is 9.10. The predicted octanol–water partition coefficient (Wildman–Crippen LogP) is 6.85. The number of hydrazone groups is 1. The van der Waals surface area contributed by atoms with E-state index in [9.17, 15) is 14.9 Å². The van der Waals surface area contributed by atoms with Crippen LogP contribution in [0, 0.1) is 11.3 Å². The van der Waals surface area contributed by atoms with Crippen LogP contribution in [0.3, 0.4) is 0 Å². The maximum Gasteiger partial charge on any atom is 0.262 e.